The lowest BCUT2D eigenvalue weighted by atomic mass is 9.43. The van der Waals surface area contributed by atoms with Gasteiger partial charge in [0.2, 0.25) is 0 Å². The molecule has 2 aliphatic heterocycles. The first kappa shape index (κ1) is 34.8. The molecule has 59 heavy (non-hydrogen) atoms. The number of aromatic nitrogens is 1. The fourth-order valence-corrected chi connectivity index (χ4v) is 10.3. The van der Waals surface area contributed by atoms with Crippen LogP contribution in [-0.2, 0) is 16.2 Å². The minimum absolute atomic E-state index is 0.0243. The number of benzene rings is 7. The summed E-state index contributed by atoms with van der Waals surface area (Å²) in [5.74, 6) is 0. The minimum atomic E-state index is -0.148. The lowest BCUT2D eigenvalue weighted by Gasteiger charge is -2.42. The van der Waals surface area contributed by atoms with E-state index in [-0.39, 0.29) is 23.1 Å². The normalized spacial score (nSPS) is 14.1. The monoisotopic (exact) mass is 766 g/mol. The van der Waals surface area contributed by atoms with Gasteiger partial charge in [-0.1, -0.05) is 129 Å². The van der Waals surface area contributed by atoms with Crippen LogP contribution in [0, 0.1) is 0 Å². The van der Waals surface area contributed by atoms with Crippen molar-refractivity contribution < 1.29 is 8.83 Å². The van der Waals surface area contributed by atoms with E-state index in [0.29, 0.717) is 0 Å². The highest BCUT2D eigenvalue weighted by Crippen LogP contribution is 2.52. The van der Waals surface area contributed by atoms with Gasteiger partial charge in [0.15, 0.2) is 0 Å². The standard InChI is InChI=1S/C54H47BN2O2/c1-52(2,3)30-18-22-33(23-19-30)57-42-28-36-34-14-10-12-16-43(34)58-45(36)29-38(42)48-49-50-46(47-35-15-11-13-17-44(35)59-51(47)48)37-26-31(53(4,5)6)20-24-40(37)56(50)41-25-21-32(54(7,8)9)27-39(41)55(49)57/h10-29H,1-9H3. The third kappa shape index (κ3) is 4.67. The van der Waals surface area contributed by atoms with E-state index in [1.165, 1.54) is 60.5 Å². The van der Waals surface area contributed by atoms with E-state index in [4.69, 9.17) is 8.83 Å². The summed E-state index contributed by atoms with van der Waals surface area (Å²) in [7, 11) is 0. The van der Waals surface area contributed by atoms with Crippen LogP contribution in [0.3, 0.4) is 0 Å². The number of rotatable bonds is 1. The van der Waals surface area contributed by atoms with E-state index in [9.17, 15) is 0 Å². The van der Waals surface area contributed by atoms with Gasteiger partial charge in [-0.25, -0.2) is 0 Å². The van der Waals surface area contributed by atoms with Gasteiger partial charge in [-0.05, 0) is 98.5 Å². The first-order chi connectivity index (χ1) is 28.2. The summed E-state index contributed by atoms with van der Waals surface area (Å²) in [6.45, 7) is 20.6. The summed E-state index contributed by atoms with van der Waals surface area (Å²) in [6.07, 6.45) is 0. The highest BCUT2D eigenvalue weighted by Gasteiger charge is 2.46. The summed E-state index contributed by atoms with van der Waals surface area (Å²) < 4.78 is 16.5. The molecule has 0 unspecified atom stereocenters. The second-order valence-electron chi connectivity index (χ2n) is 20.2. The van der Waals surface area contributed by atoms with Crippen molar-refractivity contribution in [3.8, 4) is 16.8 Å². The van der Waals surface area contributed by atoms with E-state index < -0.39 is 0 Å². The molecule has 7 aromatic carbocycles. The van der Waals surface area contributed by atoms with Crippen molar-refractivity contribution in [2.75, 3.05) is 4.81 Å². The maximum atomic E-state index is 7.22. The van der Waals surface area contributed by atoms with Gasteiger partial charge >= 0.3 is 6.85 Å². The molecule has 0 spiro atoms. The maximum absolute atomic E-state index is 7.22. The Hall–Kier alpha value is -6.20. The van der Waals surface area contributed by atoms with Gasteiger partial charge in [0.05, 0.1) is 11.0 Å². The predicted octanol–water partition coefficient (Wildman–Crippen LogP) is 13.7. The zero-order valence-corrected chi connectivity index (χ0v) is 35.3. The molecule has 0 amide bonds. The molecule has 0 N–H and O–H groups in total. The number of nitrogens with zero attached hydrogens (tertiary/aromatic N) is 2. The van der Waals surface area contributed by atoms with Gasteiger partial charge in [0.25, 0.3) is 0 Å². The molecule has 4 nitrogen and oxygen atoms in total. The molecule has 12 rings (SSSR count). The second kappa shape index (κ2) is 11.3. The lowest BCUT2D eigenvalue weighted by molar-refractivity contribution is 0.590. The topological polar surface area (TPSA) is 34.5 Å². The molecular weight excluding hydrogens is 719 g/mol. The SMILES string of the molecule is CC(C)(C)c1ccc(N2B3c4cc(C(C)(C)C)ccc4-n4c5ccc(C(C)(C)C)cc5c5c6c(oc7ccccc76)c(c3c54)-c3cc4oc5ccccc5c4cc32)cc1. The first-order valence-electron chi connectivity index (χ1n) is 21.1. The Kier molecular flexibility index (Phi) is 6.66. The van der Waals surface area contributed by atoms with E-state index in [2.05, 4.69) is 193 Å². The Labute approximate surface area is 345 Å². The molecular formula is C54H47BN2O2. The van der Waals surface area contributed by atoms with Gasteiger partial charge in [-0.2, -0.15) is 0 Å². The average molecular weight is 767 g/mol. The molecule has 2 aliphatic rings. The van der Waals surface area contributed by atoms with Crippen molar-refractivity contribution in [2.24, 2.45) is 0 Å². The predicted molar refractivity (Wildman–Crippen MR) is 250 cm³/mol. The Morgan fingerprint density at radius 3 is 1.83 bits per heavy atom. The van der Waals surface area contributed by atoms with Gasteiger partial charge in [-0.3, -0.25) is 0 Å². The average Bonchev–Trinajstić information content (AvgIpc) is 3.87. The highest BCUT2D eigenvalue weighted by atomic mass is 16.3. The summed E-state index contributed by atoms with van der Waals surface area (Å²) >= 11 is 0. The van der Waals surface area contributed by atoms with Crippen molar-refractivity contribution in [1.82, 2.24) is 4.57 Å². The fraction of sp³-hybridized carbons (Fsp3) is 0.222. The number of hydrogen-bond donors (Lipinski definition) is 0. The highest BCUT2D eigenvalue weighted by molar-refractivity contribution is 6.94. The summed E-state index contributed by atoms with van der Waals surface area (Å²) in [5.41, 5.74) is 18.4. The number of furan rings is 2. The van der Waals surface area contributed by atoms with Gasteiger partial charge < -0.3 is 18.2 Å². The van der Waals surface area contributed by atoms with Crippen LogP contribution < -0.4 is 15.7 Å². The maximum Gasteiger partial charge on any atom is 0.333 e. The molecule has 0 bridgehead atoms. The van der Waals surface area contributed by atoms with Crippen LogP contribution >= 0.6 is 0 Å². The van der Waals surface area contributed by atoms with E-state index in [1.807, 2.05) is 0 Å². The molecule has 0 aliphatic carbocycles. The number of para-hydroxylation sites is 2. The molecule has 0 saturated heterocycles. The van der Waals surface area contributed by atoms with Crippen LogP contribution in [0.1, 0.15) is 79.0 Å². The zero-order valence-electron chi connectivity index (χ0n) is 35.3. The molecule has 5 heterocycles. The second-order valence-corrected chi connectivity index (χ2v) is 20.2. The van der Waals surface area contributed by atoms with Gasteiger partial charge in [0.1, 0.15) is 22.3 Å². The Balaban J connectivity index is 1.34. The van der Waals surface area contributed by atoms with Crippen molar-refractivity contribution in [2.45, 2.75) is 78.6 Å². The van der Waals surface area contributed by atoms with E-state index in [0.717, 1.165) is 61.0 Å². The van der Waals surface area contributed by atoms with Crippen LogP contribution in [0.2, 0.25) is 0 Å². The Bertz CT molecular complexity index is 3450. The van der Waals surface area contributed by atoms with Crippen molar-refractivity contribution >= 4 is 94.8 Å². The number of anilines is 2. The zero-order chi connectivity index (χ0) is 40.5. The van der Waals surface area contributed by atoms with Crippen molar-refractivity contribution in [3.63, 3.8) is 0 Å². The quantitative estimate of drug-likeness (QED) is 0.156. The van der Waals surface area contributed by atoms with Gasteiger partial charge in [0, 0.05) is 60.5 Å². The fourth-order valence-electron chi connectivity index (χ4n) is 10.3. The molecule has 0 atom stereocenters. The first-order valence-corrected chi connectivity index (χ1v) is 21.1. The molecule has 3 aromatic heterocycles. The summed E-state index contributed by atoms with van der Waals surface area (Å²) in [6, 6.07) is 45.5. The molecule has 10 aromatic rings. The number of fused-ring (bicyclic) bond motifs is 16. The minimum Gasteiger partial charge on any atom is -0.456 e. The van der Waals surface area contributed by atoms with Crippen LogP contribution in [0.15, 0.2) is 130 Å². The Morgan fingerprint density at radius 2 is 1.12 bits per heavy atom. The third-order valence-electron chi connectivity index (χ3n) is 13.4. The van der Waals surface area contributed by atoms with E-state index >= 15 is 0 Å². The molecule has 288 valence electrons. The van der Waals surface area contributed by atoms with Crippen molar-refractivity contribution in [3.05, 3.63) is 138 Å². The lowest BCUT2D eigenvalue weighted by Crippen LogP contribution is -2.60. The van der Waals surface area contributed by atoms with E-state index in [1.54, 1.807) is 0 Å². The van der Waals surface area contributed by atoms with Crippen LogP contribution in [0.25, 0.3) is 82.5 Å². The molecule has 0 radical (unpaired) electrons. The molecule has 0 fully saturated rings. The largest absolute Gasteiger partial charge is 0.456 e. The molecule has 5 heteroatoms. The van der Waals surface area contributed by atoms with Crippen molar-refractivity contribution in [1.29, 1.82) is 0 Å². The van der Waals surface area contributed by atoms with Gasteiger partial charge in [-0.15, -0.1) is 0 Å². The Morgan fingerprint density at radius 1 is 0.492 bits per heavy atom. The summed E-state index contributed by atoms with van der Waals surface area (Å²) in [4.78, 5) is 2.63. The third-order valence-corrected chi connectivity index (χ3v) is 13.4. The summed E-state index contributed by atoms with van der Waals surface area (Å²) in [5, 5.41) is 7.08. The van der Waals surface area contributed by atoms with Crippen LogP contribution in [0.4, 0.5) is 11.4 Å². The molecule has 0 saturated carbocycles. The van der Waals surface area contributed by atoms with Crippen LogP contribution in [-0.4, -0.2) is 11.4 Å². The van der Waals surface area contributed by atoms with Crippen LogP contribution in [0.5, 0.6) is 0 Å². The number of hydrogen-bond acceptors (Lipinski definition) is 3. The smallest absolute Gasteiger partial charge is 0.333 e.